The number of benzene rings is 1. The molecule has 0 bridgehead atoms. The zero-order chi connectivity index (χ0) is 16.4. The quantitative estimate of drug-likeness (QED) is 0.861. The molecule has 4 nitrogen and oxygen atoms in total. The van der Waals surface area contributed by atoms with Crippen LogP contribution in [-0.4, -0.2) is 36.0 Å². The number of hydrogen-bond donors (Lipinski definition) is 0. The monoisotopic (exact) mass is 334 g/mol. The normalized spacial score (nSPS) is 18.0. The summed E-state index contributed by atoms with van der Waals surface area (Å²) in [5.41, 5.74) is 0.281. The first-order chi connectivity index (χ1) is 11.1. The second kappa shape index (κ2) is 6.66. The number of thiazole rings is 1. The van der Waals surface area contributed by atoms with Gasteiger partial charge in [-0.25, -0.2) is 9.37 Å². The summed E-state index contributed by atoms with van der Waals surface area (Å²) in [7, 11) is 1.49. The number of rotatable bonds is 3. The van der Waals surface area contributed by atoms with Gasteiger partial charge in [-0.3, -0.25) is 4.79 Å². The van der Waals surface area contributed by atoms with Gasteiger partial charge in [-0.15, -0.1) is 11.3 Å². The van der Waals surface area contributed by atoms with E-state index in [-0.39, 0.29) is 17.4 Å². The minimum atomic E-state index is -0.432. The average molecular weight is 334 g/mol. The van der Waals surface area contributed by atoms with Gasteiger partial charge < -0.3 is 9.64 Å². The van der Waals surface area contributed by atoms with Crippen molar-refractivity contribution in [1.82, 2.24) is 9.88 Å². The molecule has 1 amide bonds. The Morgan fingerprint density at radius 2 is 2.30 bits per heavy atom. The molecule has 1 fully saturated rings. The number of piperidine rings is 1. The maximum atomic E-state index is 13.5. The molecule has 2 aromatic rings. The molecular formula is C17H19FN2O2S. The lowest BCUT2D eigenvalue weighted by atomic mass is 9.98. The molecule has 0 N–H and O–H groups in total. The maximum absolute atomic E-state index is 13.5. The molecule has 1 aliphatic heterocycles. The number of halogens is 1. The topological polar surface area (TPSA) is 42.4 Å². The molecule has 1 atom stereocenters. The van der Waals surface area contributed by atoms with Crippen LogP contribution in [0.5, 0.6) is 5.75 Å². The molecule has 0 radical (unpaired) electrons. The van der Waals surface area contributed by atoms with Crippen LogP contribution in [0.1, 0.15) is 39.0 Å². The van der Waals surface area contributed by atoms with Gasteiger partial charge in [0.2, 0.25) is 0 Å². The van der Waals surface area contributed by atoms with Gasteiger partial charge in [-0.1, -0.05) is 0 Å². The van der Waals surface area contributed by atoms with Gasteiger partial charge in [0, 0.05) is 30.1 Å². The first kappa shape index (κ1) is 15.9. The second-order valence-electron chi connectivity index (χ2n) is 5.74. The van der Waals surface area contributed by atoms with Crippen molar-refractivity contribution in [1.29, 1.82) is 0 Å². The summed E-state index contributed by atoms with van der Waals surface area (Å²) in [5.74, 6) is 0.0483. The number of methoxy groups -OCH3 is 1. The van der Waals surface area contributed by atoms with Crippen molar-refractivity contribution in [2.24, 2.45) is 0 Å². The molecule has 23 heavy (non-hydrogen) atoms. The molecule has 0 aliphatic carbocycles. The Morgan fingerprint density at radius 3 is 3.00 bits per heavy atom. The van der Waals surface area contributed by atoms with Gasteiger partial charge in [0.15, 0.2) is 0 Å². The molecular weight excluding hydrogens is 315 g/mol. The van der Waals surface area contributed by atoms with Crippen molar-refractivity contribution in [2.45, 2.75) is 25.7 Å². The highest BCUT2D eigenvalue weighted by atomic mass is 32.1. The number of carbonyl (C=O) groups excluding carboxylic acids is 1. The van der Waals surface area contributed by atoms with E-state index >= 15 is 0 Å². The fourth-order valence-electron chi connectivity index (χ4n) is 2.94. The second-order valence-corrected chi connectivity index (χ2v) is 7.01. The van der Waals surface area contributed by atoms with Crippen LogP contribution in [-0.2, 0) is 0 Å². The number of carbonyl (C=O) groups is 1. The Balaban J connectivity index is 1.81. The fourth-order valence-corrected chi connectivity index (χ4v) is 3.84. The lowest BCUT2D eigenvalue weighted by molar-refractivity contribution is 0.0703. The number of hydrogen-bond acceptors (Lipinski definition) is 4. The lowest BCUT2D eigenvalue weighted by Gasteiger charge is -2.32. The number of aromatic nitrogens is 1. The third-order valence-electron chi connectivity index (χ3n) is 4.09. The van der Waals surface area contributed by atoms with E-state index in [0.717, 1.165) is 17.8 Å². The lowest BCUT2D eigenvalue weighted by Crippen LogP contribution is -2.39. The number of amides is 1. The summed E-state index contributed by atoms with van der Waals surface area (Å²) >= 11 is 1.68. The summed E-state index contributed by atoms with van der Waals surface area (Å²) in [4.78, 5) is 20.2. The minimum Gasteiger partial charge on any atom is -0.496 e. The average Bonchev–Trinajstić information content (AvgIpc) is 3.01. The zero-order valence-corrected chi connectivity index (χ0v) is 14.0. The summed E-state index contributed by atoms with van der Waals surface area (Å²) in [6, 6.07) is 4.04. The Kier molecular flexibility index (Phi) is 4.61. The third-order valence-corrected chi connectivity index (χ3v) is 5.16. The maximum Gasteiger partial charge on any atom is 0.257 e. The Hall–Kier alpha value is -1.95. The molecule has 3 rings (SSSR count). The van der Waals surface area contributed by atoms with Crippen LogP contribution in [0, 0.1) is 12.7 Å². The molecule has 1 aliphatic rings. The van der Waals surface area contributed by atoms with Crippen molar-refractivity contribution in [3.63, 3.8) is 0 Å². The highest BCUT2D eigenvalue weighted by molar-refractivity contribution is 7.11. The number of ether oxygens (including phenoxy) is 1. The van der Waals surface area contributed by atoms with Crippen LogP contribution in [0.25, 0.3) is 0 Å². The standard InChI is InChI=1S/C17H19FN2O2S/c1-11-9-19-16(23-11)12-4-3-7-20(10-12)17(21)14-8-13(18)5-6-15(14)22-2/h5-6,8-9,12H,3-4,7,10H2,1-2H3/t12-/m0/s1. The van der Waals surface area contributed by atoms with Crippen LogP contribution >= 0.6 is 11.3 Å². The summed E-state index contributed by atoms with van der Waals surface area (Å²) in [6.45, 7) is 3.33. The highest BCUT2D eigenvalue weighted by Gasteiger charge is 2.28. The van der Waals surface area contributed by atoms with Crippen molar-refractivity contribution in [3.8, 4) is 5.75 Å². The predicted octanol–water partition coefficient (Wildman–Crippen LogP) is 3.62. The van der Waals surface area contributed by atoms with Crippen LogP contribution in [0.15, 0.2) is 24.4 Å². The molecule has 1 aromatic heterocycles. The highest BCUT2D eigenvalue weighted by Crippen LogP contribution is 2.31. The molecule has 0 spiro atoms. The van der Waals surface area contributed by atoms with Gasteiger partial charge in [-0.2, -0.15) is 0 Å². The zero-order valence-electron chi connectivity index (χ0n) is 13.2. The van der Waals surface area contributed by atoms with E-state index in [2.05, 4.69) is 4.98 Å². The van der Waals surface area contributed by atoms with Crippen molar-refractivity contribution < 1.29 is 13.9 Å². The van der Waals surface area contributed by atoms with Crippen LogP contribution in [0.2, 0.25) is 0 Å². The van der Waals surface area contributed by atoms with Gasteiger partial charge in [0.25, 0.3) is 5.91 Å². The van der Waals surface area contributed by atoms with E-state index in [9.17, 15) is 9.18 Å². The van der Waals surface area contributed by atoms with E-state index in [1.54, 1.807) is 16.2 Å². The Morgan fingerprint density at radius 1 is 1.48 bits per heavy atom. The molecule has 2 heterocycles. The summed E-state index contributed by atoms with van der Waals surface area (Å²) in [6.07, 6.45) is 3.82. The largest absolute Gasteiger partial charge is 0.496 e. The van der Waals surface area contributed by atoms with E-state index < -0.39 is 5.82 Å². The molecule has 1 aromatic carbocycles. The van der Waals surface area contributed by atoms with E-state index in [1.165, 1.54) is 30.2 Å². The summed E-state index contributed by atoms with van der Waals surface area (Å²) in [5, 5.41) is 1.08. The van der Waals surface area contributed by atoms with Gasteiger partial charge >= 0.3 is 0 Å². The van der Waals surface area contributed by atoms with E-state index in [4.69, 9.17) is 4.74 Å². The smallest absolute Gasteiger partial charge is 0.257 e. The van der Waals surface area contributed by atoms with E-state index in [0.29, 0.717) is 18.8 Å². The third kappa shape index (κ3) is 3.37. The molecule has 0 saturated carbocycles. The first-order valence-corrected chi connectivity index (χ1v) is 8.45. The Labute approximate surface area is 138 Å². The number of nitrogens with zero attached hydrogens (tertiary/aromatic N) is 2. The number of aryl methyl sites for hydroxylation is 1. The predicted molar refractivity (Wildman–Crippen MR) is 87.7 cm³/mol. The van der Waals surface area contributed by atoms with Crippen molar-refractivity contribution in [2.75, 3.05) is 20.2 Å². The van der Waals surface area contributed by atoms with Gasteiger partial charge in [0.05, 0.1) is 17.7 Å². The van der Waals surface area contributed by atoms with Crippen LogP contribution in [0.3, 0.4) is 0 Å². The number of likely N-dealkylation sites (tertiary alicyclic amines) is 1. The minimum absolute atomic E-state index is 0.181. The van der Waals surface area contributed by atoms with Crippen molar-refractivity contribution in [3.05, 3.63) is 45.7 Å². The fraction of sp³-hybridized carbons (Fsp3) is 0.412. The molecule has 122 valence electrons. The first-order valence-electron chi connectivity index (χ1n) is 7.63. The molecule has 6 heteroatoms. The Bertz CT molecular complexity index is 716. The van der Waals surface area contributed by atoms with Crippen molar-refractivity contribution >= 4 is 17.2 Å². The SMILES string of the molecule is COc1ccc(F)cc1C(=O)N1CCC[C@H](c2ncc(C)s2)C1. The van der Waals surface area contributed by atoms with Gasteiger partial charge in [-0.05, 0) is 38.0 Å². The summed E-state index contributed by atoms with van der Waals surface area (Å²) < 4.78 is 18.7. The molecule has 1 saturated heterocycles. The van der Waals surface area contributed by atoms with Crippen LogP contribution < -0.4 is 4.74 Å². The van der Waals surface area contributed by atoms with Gasteiger partial charge in [0.1, 0.15) is 11.6 Å². The van der Waals surface area contributed by atoms with Crippen LogP contribution in [0.4, 0.5) is 4.39 Å². The van der Waals surface area contributed by atoms with E-state index in [1.807, 2.05) is 13.1 Å². The molecule has 0 unspecified atom stereocenters.